The Hall–Kier alpha value is -3.52. The maximum Gasteiger partial charge on any atom is 0.170 e. The van der Waals surface area contributed by atoms with Gasteiger partial charge in [0.1, 0.15) is 18.0 Å². The molecule has 0 atom stereocenters. The quantitative estimate of drug-likeness (QED) is 0.479. The molecule has 1 N–H and O–H groups in total. The van der Waals surface area contributed by atoms with Crippen molar-refractivity contribution in [3.63, 3.8) is 0 Å². The molecule has 4 aromatic rings. The summed E-state index contributed by atoms with van der Waals surface area (Å²) >= 11 is 0. The van der Waals surface area contributed by atoms with Gasteiger partial charge in [0.15, 0.2) is 17.2 Å². The zero-order valence-corrected chi connectivity index (χ0v) is 17.6. The van der Waals surface area contributed by atoms with Crippen molar-refractivity contribution in [2.24, 2.45) is 0 Å². The lowest BCUT2D eigenvalue weighted by Gasteiger charge is -2.13. The number of fused-ring (bicyclic) bond motifs is 1. The lowest BCUT2D eigenvalue weighted by molar-refractivity contribution is 0.383. The first-order valence-corrected chi connectivity index (χ1v) is 9.79. The van der Waals surface area contributed by atoms with Crippen LogP contribution in [-0.4, -0.2) is 40.7 Å². The Morgan fingerprint density at radius 2 is 1.81 bits per heavy atom. The molecule has 0 bridgehead atoms. The van der Waals surface area contributed by atoms with E-state index >= 15 is 0 Å². The first-order chi connectivity index (χ1) is 15.0. The molecule has 6 nitrogen and oxygen atoms in total. The molecule has 4 rings (SSSR count). The van der Waals surface area contributed by atoms with E-state index in [2.05, 4.69) is 44.7 Å². The molecule has 8 heteroatoms. The number of rotatable bonds is 7. The Labute approximate surface area is 179 Å². The highest BCUT2D eigenvalue weighted by molar-refractivity contribution is 5.79. The number of aromatic nitrogens is 3. The fourth-order valence-electron chi connectivity index (χ4n) is 3.49. The second-order valence-electron chi connectivity index (χ2n) is 7.52. The van der Waals surface area contributed by atoms with Crippen LogP contribution in [0.15, 0.2) is 54.9 Å². The molecule has 2 aromatic heterocycles. The van der Waals surface area contributed by atoms with Crippen molar-refractivity contribution in [3.8, 4) is 16.9 Å². The van der Waals surface area contributed by atoms with Crippen LogP contribution >= 0.6 is 0 Å². The number of nitrogens with zero attached hydrogens (tertiary/aromatic N) is 4. The number of ether oxygens (including phenoxy) is 1. The molecule has 0 radical (unpaired) electrons. The van der Waals surface area contributed by atoms with E-state index < -0.39 is 11.6 Å². The van der Waals surface area contributed by atoms with E-state index in [9.17, 15) is 8.78 Å². The molecule has 0 unspecified atom stereocenters. The number of benzene rings is 2. The average Bonchev–Trinajstić information content (AvgIpc) is 3.23. The van der Waals surface area contributed by atoms with Gasteiger partial charge in [-0.2, -0.15) is 0 Å². The van der Waals surface area contributed by atoms with E-state index in [1.807, 2.05) is 30.6 Å². The molecule has 0 fully saturated rings. The second kappa shape index (κ2) is 8.69. The van der Waals surface area contributed by atoms with E-state index in [4.69, 9.17) is 4.74 Å². The van der Waals surface area contributed by atoms with Crippen LogP contribution in [0.2, 0.25) is 0 Å². The van der Waals surface area contributed by atoms with Gasteiger partial charge in [-0.05, 0) is 43.4 Å². The molecule has 0 saturated carbocycles. The maximum absolute atomic E-state index is 14.2. The highest BCUT2D eigenvalue weighted by Crippen LogP contribution is 2.27. The van der Waals surface area contributed by atoms with Gasteiger partial charge in [0.2, 0.25) is 0 Å². The third-order valence-electron chi connectivity index (χ3n) is 5.00. The average molecular weight is 423 g/mol. The Kier molecular flexibility index (Phi) is 5.81. The fraction of sp³-hybridized carbons (Fsp3) is 0.217. The third-order valence-corrected chi connectivity index (χ3v) is 5.00. The number of halogens is 2. The minimum atomic E-state index is -0.731. The smallest absolute Gasteiger partial charge is 0.170 e. The van der Waals surface area contributed by atoms with Gasteiger partial charge >= 0.3 is 0 Å². The summed E-state index contributed by atoms with van der Waals surface area (Å²) in [4.78, 5) is 2.12. The topological polar surface area (TPSA) is 54.7 Å². The Morgan fingerprint density at radius 1 is 1.03 bits per heavy atom. The molecule has 2 heterocycles. The van der Waals surface area contributed by atoms with Gasteiger partial charge in [0.25, 0.3) is 0 Å². The molecule has 0 spiro atoms. The molecule has 0 aliphatic heterocycles. The molecule has 0 aliphatic rings. The minimum Gasteiger partial charge on any atom is -0.494 e. The molecular formula is C23H23F2N5O. The number of hydrogen-bond acceptors (Lipinski definition) is 5. The summed E-state index contributed by atoms with van der Waals surface area (Å²) in [7, 11) is 5.42. The van der Waals surface area contributed by atoms with E-state index in [1.54, 1.807) is 6.33 Å². The number of hydrogen-bond donors (Lipinski definition) is 1. The van der Waals surface area contributed by atoms with Gasteiger partial charge in [-0.15, -0.1) is 10.2 Å². The first kappa shape index (κ1) is 20.7. The molecule has 0 aliphatic carbocycles. The number of anilines is 1. The zero-order valence-electron chi connectivity index (χ0n) is 17.6. The molecule has 2 aromatic carbocycles. The van der Waals surface area contributed by atoms with Crippen LogP contribution in [0.5, 0.6) is 5.75 Å². The van der Waals surface area contributed by atoms with Crippen LogP contribution in [-0.2, 0) is 13.1 Å². The summed E-state index contributed by atoms with van der Waals surface area (Å²) in [6.45, 7) is 1.02. The van der Waals surface area contributed by atoms with Crippen molar-refractivity contribution in [2.75, 3.05) is 26.5 Å². The van der Waals surface area contributed by atoms with Crippen LogP contribution < -0.4 is 10.1 Å². The van der Waals surface area contributed by atoms with E-state index in [0.29, 0.717) is 17.0 Å². The van der Waals surface area contributed by atoms with Gasteiger partial charge in [0.05, 0.1) is 7.11 Å². The van der Waals surface area contributed by atoms with Crippen molar-refractivity contribution < 1.29 is 13.5 Å². The molecular weight excluding hydrogens is 400 g/mol. The highest BCUT2D eigenvalue weighted by atomic mass is 19.1. The summed E-state index contributed by atoms with van der Waals surface area (Å²) in [6, 6.07) is 14.3. The van der Waals surface area contributed by atoms with Crippen LogP contribution in [0, 0.1) is 11.6 Å². The van der Waals surface area contributed by atoms with Crippen molar-refractivity contribution in [1.82, 2.24) is 19.5 Å². The van der Waals surface area contributed by atoms with Crippen LogP contribution in [0.25, 0.3) is 16.8 Å². The zero-order chi connectivity index (χ0) is 22.0. The minimum absolute atomic E-state index is 0.000654. The van der Waals surface area contributed by atoms with Crippen LogP contribution in [0.4, 0.5) is 14.6 Å². The highest BCUT2D eigenvalue weighted by Gasteiger charge is 2.13. The summed E-state index contributed by atoms with van der Waals surface area (Å²) < 4.78 is 34.6. The lowest BCUT2D eigenvalue weighted by Crippen LogP contribution is -2.10. The van der Waals surface area contributed by atoms with Crippen LogP contribution in [0.1, 0.15) is 11.1 Å². The van der Waals surface area contributed by atoms with Crippen molar-refractivity contribution in [3.05, 3.63) is 77.6 Å². The predicted molar refractivity (Wildman–Crippen MR) is 116 cm³/mol. The van der Waals surface area contributed by atoms with E-state index in [0.717, 1.165) is 23.7 Å². The van der Waals surface area contributed by atoms with Crippen molar-refractivity contribution >= 4 is 11.5 Å². The Morgan fingerprint density at radius 3 is 2.52 bits per heavy atom. The van der Waals surface area contributed by atoms with Gasteiger partial charge in [-0.1, -0.05) is 24.3 Å². The van der Waals surface area contributed by atoms with E-state index in [-0.39, 0.29) is 12.3 Å². The monoisotopic (exact) mass is 423 g/mol. The largest absolute Gasteiger partial charge is 0.494 e. The lowest BCUT2D eigenvalue weighted by atomic mass is 10.0. The van der Waals surface area contributed by atoms with Crippen molar-refractivity contribution in [1.29, 1.82) is 0 Å². The Balaban J connectivity index is 1.60. The number of pyridine rings is 1. The van der Waals surface area contributed by atoms with E-state index in [1.165, 1.54) is 18.7 Å². The molecule has 160 valence electrons. The second-order valence-corrected chi connectivity index (χ2v) is 7.52. The standard InChI is InChI=1S/C23H23F2N5O/c1-29(2)13-15-4-6-16(7-5-15)18-8-9-22(30-14-27-28-23(18)30)26-12-17-10-21(31-3)20(25)11-19(17)24/h4-11,14,26H,12-13H2,1-3H3. The summed E-state index contributed by atoms with van der Waals surface area (Å²) in [5, 5.41) is 11.5. The van der Waals surface area contributed by atoms with Crippen LogP contribution in [0.3, 0.4) is 0 Å². The summed E-state index contributed by atoms with van der Waals surface area (Å²) in [6.07, 6.45) is 1.60. The van der Waals surface area contributed by atoms with Gasteiger partial charge in [-0.25, -0.2) is 8.78 Å². The molecule has 0 amide bonds. The maximum atomic E-state index is 14.2. The molecule has 0 saturated heterocycles. The summed E-state index contributed by atoms with van der Waals surface area (Å²) in [5.74, 6) is -0.678. The number of nitrogens with one attached hydrogen (secondary N) is 1. The normalized spacial score (nSPS) is 11.3. The third kappa shape index (κ3) is 4.34. The SMILES string of the molecule is COc1cc(CNc2ccc(-c3ccc(CN(C)C)cc3)c3nncn23)c(F)cc1F. The van der Waals surface area contributed by atoms with Gasteiger partial charge in [0, 0.05) is 30.3 Å². The van der Waals surface area contributed by atoms with Crippen molar-refractivity contribution in [2.45, 2.75) is 13.1 Å². The predicted octanol–water partition coefficient (Wildman–Crippen LogP) is 4.36. The summed E-state index contributed by atoms with van der Waals surface area (Å²) in [5.41, 5.74) is 4.17. The molecule has 31 heavy (non-hydrogen) atoms. The first-order valence-electron chi connectivity index (χ1n) is 9.79. The number of methoxy groups -OCH3 is 1. The Bertz CT molecular complexity index is 1200. The van der Waals surface area contributed by atoms with Gasteiger partial charge in [-0.3, -0.25) is 4.40 Å². The fourth-order valence-corrected chi connectivity index (χ4v) is 3.49. The van der Waals surface area contributed by atoms with Gasteiger partial charge < -0.3 is 15.0 Å².